The maximum atomic E-state index is 12.3. The van der Waals surface area contributed by atoms with E-state index in [0.29, 0.717) is 0 Å². The zero-order valence-corrected chi connectivity index (χ0v) is 18.7. The molecule has 9 N–H and O–H groups in total. The molecule has 2 fully saturated rings. The second-order valence-electron chi connectivity index (χ2n) is 8.63. The largest absolute Gasteiger partial charge is 0.504 e. The fourth-order valence-electron chi connectivity index (χ4n) is 3.97. The van der Waals surface area contributed by atoms with Gasteiger partial charge in [0.1, 0.15) is 30.5 Å². The van der Waals surface area contributed by atoms with Gasteiger partial charge in [0.25, 0.3) is 0 Å². The van der Waals surface area contributed by atoms with Crippen molar-refractivity contribution in [3.8, 4) is 11.5 Å². The number of aliphatic hydroxyl groups is 7. The third-order valence-corrected chi connectivity index (χ3v) is 6.04. The maximum Gasteiger partial charge on any atom is 0.348 e. The van der Waals surface area contributed by atoms with Gasteiger partial charge in [0, 0.05) is 18.9 Å². The number of aliphatic carboxylic acids is 1. The molecule has 1 aromatic rings. The average molecular weight is 516 g/mol. The van der Waals surface area contributed by atoms with E-state index < -0.39 is 91.8 Å². The van der Waals surface area contributed by atoms with E-state index in [1.807, 2.05) is 0 Å². The van der Waals surface area contributed by atoms with Gasteiger partial charge in [-0.15, -0.1) is 0 Å². The minimum Gasteiger partial charge on any atom is -0.504 e. The van der Waals surface area contributed by atoms with Crippen molar-refractivity contribution < 1.29 is 69.8 Å². The van der Waals surface area contributed by atoms with Crippen molar-refractivity contribution in [2.24, 2.45) is 0 Å². The van der Waals surface area contributed by atoms with Crippen LogP contribution in [0.2, 0.25) is 0 Å². The van der Waals surface area contributed by atoms with Crippen molar-refractivity contribution in [3.63, 3.8) is 0 Å². The summed E-state index contributed by atoms with van der Waals surface area (Å²) >= 11 is 0. The summed E-state index contributed by atoms with van der Waals surface area (Å²) in [5.74, 6) is -3.43. The van der Waals surface area contributed by atoms with Crippen LogP contribution in [0.4, 0.5) is 0 Å². The standard InChI is InChI=1S/C22H28O14/c23-8-14-17(29)18(30)19(31)20(35-14)34-13-5-9(1-3-10(13)24)2-4-15(27)36-22(21(32)33)6-11(25)16(28)12(26)7-22/h1-5,11-12,14,16-20,23-26,28-31H,6-8H2,(H,32,33)/b4-2-/t11-,12-,14-,16?,17-,18+,19-,20-,22?/m1/s1. The predicted molar refractivity (Wildman–Crippen MR) is 115 cm³/mol. The lowest BCUT2D eigenvalue weighted by Gasteiger charge is -2.39. The van der Waals surface area contributed by atoms with Crippen molar-refractivity contribution in [3.05, 3.63) is 29.8 Å². The maximum absolute atomic E-state index is 12.3. The molecule has 0 amide bonds. The molecule has 14 nitrogen and oxygen atoms in total. The van der Waals surface area contributed by atoms with Gasteiger partial charge >= 0.3 is 11.9 Å². The number of hydrogen-bond acceptors (Lipinski definition) is 13. The van der Waals surface area contributed by atoms with Gasteiger partial charge in [-0.1, -0.05) is 6.07 Å². The van der Waals surface area contributed by atoms with E-state index in [-0.39, 0.29) is 11.3 Å². The lowest BCUT2D eigenvalue weighted by Crippen LogP contribution is -2.60. The molecule has 0 bridgehead atoms. The Hall–Kier alpha value is -2.82. The number of phenols is 1. The van der Waals surface area contributed by atoms with Crippen molar-refractivity contribution in [2.45, 2.75) is 67.5 Å². The van der Waals surface area contributed by atoms with E-state index in [1.54, 1.807) is 0 Å². The Morgan fingerprint density at radius 2 is 1.64 bits per heavy atom. The Morgan fingerprint density at radius 1 is 1.00 bits per heavy atom. The fraction of sp³-hybridized carbons (Fsp3) is 0.545. The third kappa shape index (κ3) is 5.77. The number of carbonyl (C=O) groups is 2. The lowest BCUT2D eigenvalue weighted by molar-refractivity contribution is -0.277. The first kappa shape index (κ1) is 27.8. The molecule has 2 aliphatic rings. The molecule has 1 aliphatic heterocycles. The number of aliphatic hydroxyl groups excluding tert-OH is 7. The van der Waals surface area contributed by atoms with Crippen LogP contribution in [0.15, 0.2) is 24.3 Å². The van der Waals surface area contributed by atoms with Crippen molar-refractivity contribution >= 4 is 18.0 Å². The summed E-state index contributed by atoms with van der Waals surface area (Å²) in [6.45, 7) is -0.688. The summed E-state index contributed by atoms with van der Waals surface area (Å²) in [5, 5.41) is 88.0. The van der Waals surface area contributed by atoms with E-state index in [2.05, 4.69) is 0 Å². The van der Waals surface area contributed by atoms with E-state index in [0.717, 1.165) is 6.08 Å². The smallest absolute Gasteiger partial charge is 0.348 e. The molecule has 1 heterocycles. The molecule has 0 aromatic heterocycles. The molecule has 1 saturated heterocycles. The van der Waals surface area contributed by atoms with Crippen molar-refractivity contribution in [2.75, 3.05) is 6.61 Å². The van der Waals surface area contributed by atoms with Gasteiger partial charge in [0.15, 0.2) is 11.5 Å². The highest BCUT2D eigenvalue weighted by Gasteiger charge is 2.52. The van der Waals surface area contributed by atoms with Gasteiger partial charge in [-0.3, -0.25) is 0 Å². The highest BCUT2D eigenvalue weighted by molar-refractivity contribution is 5.90. The Labute approximate surface area is 203 Å². The van der Waals surface area contributed by atoms with E-state index in [1.165, 1.54) is 24.3 Å². The second kappa shape index (κ2) is 11.1. The van der Waals surface area contributed by atoms with Gasteiger partial charge in [0.2, 0.25) is 11.9 Å². The number of ether oxygens (including phenoxy) is 3. The quantitative estimate of drug-likeness (QED) is 0.128. The van der Waals surface area contributed by atoms with Gasteiger partial charge in [0.05, 0.1) is 18.8 Å². The number of carboxylic acid groups (broad SMARTS) is 1. The van der Waals surface area contributed by atoms with Gasteiger partial charge in [-0.25, -0.2) is 9.59 Å². The van der Waals surface area contributed by atoms with Crippen LogP contribution < -0.4 is 4.74 Å². The molecule has 1 aliphatic carbocycles. The van der Waals surface area contributed by atoms with Gasteiger partial charge in [-0.2, -0.15) is 0 Å². The summed E-state index contributed by atoms with van der Waals surface area (Å²) in [5.41, 5.74) is -2.04. The monoisotopic (exact) mass is 516 g/mol. The van der Waals surface area contributed by atoms with Crippen LogP contribution in [0.25, 0.3) is 6.08 Å². The average Bonchev–Trinajstić information content (AvgIpc) is 2.83. The van der Waals surface area contributed by atoms with Crippen LogP contribution in [-0.2, 0) is 19.1 Å². The van der Waals surface area contributed by atoms with Crippen LogP contribution in [0, 0.1) is 0 Å². The van der Waals surface area contributed by atoms with Crippen LogP contribution in [0.5, 0.6) is 11.5 Å². The molecular weight excluding hydrogens is 488 g/mol. The molecule has 7 atom stereocenters. The van der Waals surface area contributed by atoms with Crippen LogP contribution in [-0.4, -0.2) is 119 Å². The Kier molecular flexibility index (Phi) is 8.53. The normalized spacial score (nSPS) is 37.0. The van der Waals surface area contributed by atoms with Crippen molar-refractivity contribution in [1.29, 1.82) is 0 Å². The molecule has 1 aromatic carbocycles. The molecular formula is C22H28O14. The number of rotatable bonds is 7. The van der Waals surface area contributed by atoms with E-state index in [4.69, 9.17) is 14.2 Å². The number of esters is 1. The summed E-state index contributed by atoms with van der Waals surface area (Å²) in [6.07, 6.45) is -12.0. The van der Waals surface area contributed by atoms with Crippen LogP contribution in [0.3, 0.4) is 0 Å². The minimum absolute atomic E-state index is 0.229. The number of carbonyl (C=O) groups excluding carboxylic acids is 1. The van der Waals surface area contributed by atoms with Crippen LogP contribution in [0.1, 0.15) is 18.4 Å². The fourth-order valence-corrected chi connectivity index (χ4v) is 3.97. The molecule has 36 heavy (non-hydrogen) atoms. The van der Waals surface area contributed by atoms with Crippen molar-refractivity contribution in [1.82, 2.24) is 0 Å². The first-order chi connectivity index (χ1) is 16.9. The Balaban J connectivity index is 1.72. The number of carboxylic acids is 1. The van der Waals surface area contributed by atoms with E-state index >= 15 is 0 Å². The highest BCUT2D eigenvalue weighted by atomic mass is 16.7. The summed E-state index contributed by atoms with van der Waals surface area (Å²) in [6, 6.07) is 3.72. The van der Waals surface area contributed by atoms with Crippen LogP contribution >= 0.6 is 0 Å². The number of hydrogen-bond donors (Lipinski definition) is 9. The molecule has 0 radical (unpaired) electrons. The molecule has 1 saturated carbocycles. The number of phenolic OH excluding ortho intramolecular Hbond substituents is 1. The Bertz CT molecular complexity index is 965. The van der Waals surface area contributed by atoms with Gasteiger partial charge in [-0.05, 0) is 23.8 Å². The predicted octanol–water partition coefficient (Wildman–Crippen LogP) is -3.17. The first-order valence-electron chi connectivity index (χ1n) is 10.9. The number of benzene rings is 1. The molecule has 0 spiro atoms. The molecule has 200 valence electrons. The number of aromatic hydroxyl groups is 1. The summed E-state index contributed by atoms with van der Waals surface area (Å²) in [4.78, 5) is 24.1. The van der Waals surface area contributed by atoms with E-state index in [9.17, 15) is 55.5 Å². The van der Waals surface area contributed by atoms with Gasteiger partial charge < -0.3 is 60.2 Å². The summed E-state index contributed by atoms with van der Waals surface area (Å²) < 4.78 is 15.6. The zero-order valence-electron chi connectivity index (χ0n) is 18.7. The molecule has 14 heteroatoms. The highest BCUT2D eigenvalue weighted by Crippen LogP contribution is 2.34. The lowest BCUT2D eigenvalue weighted by atomic mass is 9.79. The third-order valence-electron chi connectivity index (χ3n) is 6.04. The molecule has 3 rings (SSSR count). The zero-order chi connectivity index (χ0) is 26.8. The summed E-state index contributed by atoms with van der Waals surface area (Å²) in [7, 11) is 0. The Morgan fingerprint density at radius 3 is 2.22 bits per heavy atom. The SMILES string of the molecule is O=C(/C=C\c1ccc(O)c(O[C@@H]2O[C@H](CO)[C@@H](O)[C@H](O)[C@H]2O)c1)OC1(C(=O)O)C[C@@H](O)C(O)[C@H](O)C1. The minimum atomic E-state index is -2.27. The molecule has 0 unspecified atom stereocenters. The second-order valence-corrected chi connectivity index (χ2v) is 8.63. The first-order valence-corrected chi connectivity index (χ1v) is 10.9. The topological polar surface area (TPSA) is 244 Å².